The number of rotatable bonds is 6. The molecule has 1 saturated heterocycles. The molecule has 2 aromatic carbocycles. The summed E-state index contributed by atoms with van der Waals surface area (Å²) in [6, 6.07) is 19.3. The highest BCUT2D eigenvalue weighted by molar-refractivity contribution is 7.20. The third-order valence-electron chi connectivity index (χ3n) is 6.51. The first-order valence-corrected chi connectivity index (χ1v) is 12.7. The standard InChI is InChI=1S/C27H29N5O3S/c1-27(2,19-7-5-4-6-8-19)28-24(33)22-17-21-23(29-30-25(21)36-22)31(3)26(34)18-9-11-20(12-10-18)32-13-15-35-16-14-32/h4-12,17H,13-16H2,1-3H3,(H,28,33)(H,29,30). The van der Waals surface area contributed by atoms with Gasteiger partial charge in [0.15, 0.2) is 0 Å². The zero-order valence-electron chi connectivity index (χ0n) is 20.6. The van der Waals surface area contributed by atoms with Crippen molar-refractivity contribution in [1.29, 1.82) is 0 Å². The minimum atomic E-state index is -0.533. The van der Waals surface area contributed by atoms with Crippen LogP contribution in [-0.4, -0.2) is 55.4 Å². The highest BCUT2D eigenvalue weighted by Gasteiger charge is 2.26. The number of ether oxygens (including phenoxy) is 1. The summed E-state index contributed by atoms with van der Waals surface area (Å²) in [5.41, 5.74) is 2.14. The third kappa shape index (κ3) is 4.72. The number of thiophene rings is 1. The largest absolute Gasteiger partial charge is 0.378 e. The van der Waals surface area contributed by atoms with Crippen molar-refractivity contribution in [2.24, 2.45) is 0 Å². The lowest BCUT2D eigenvalue weighted by atomic mass is 9.94. The summed E-state index contributed by atoms with van der Waals surface area (Å²) in [5, 5.41) is 11.2. The second-order valence-electron chi connectivity index (χ2n) is 9.36. The van der Waals surface area contributed by atoms with Crippen LogP contribution in [0.2, 0.25) is 0 Å². The summed E-state index contributed by atoms with van der Waals surface area (Å²) in [6.07, 6.45) is 0. The molecule has 1 fully saturated rings. The van der Waals surface area contributed by atoms with Crippen molar-refractivity contribution < 1.29 is 14.3 Å². The molecular weight excluding hydrogens is 474 g/mol. The van der Waals surface area contributed by atoms with Crippen LogP contribution in [0, 0.1) is 0 Å². The molecule has 0 spiro atoms. The van der Waals surface area contributed by atoms with Crippen molar-refractivity contribution in [2.75, 3.05) is 43.2 Å². The van der Waals surface area contributed by atoms with Crippen molar-refractivity contribution in [1.82, 2.24) is 15.5 Å². The molecule has 2 N–H and O–H groups in total. The average molecular weight is 504 g/mol. The molecule has 0 aliphatic carbocycles. The topological polar surface area (TPSA) is 90.6 Å². The maximum Gasteiger partial charge on any atom is 0.262 e. The number of anilines is 2. The number of benzene rings is 2. The van der Waals surface area contributed by atoms with Gasteiger partial charge in [0.05, 0.1) is 29.0 Å². The summed E-state index contributed by atoms with van der Waals surface area (Å²) >= 11 is 1.30. The fourth-order valence-corrected chi connectivity index (χ4v) is 5.26. The number of morpholine rings is 1. The van der Waals surface area contributed by atoms with Gasteiger partial charge < -0.3 is 15.0 Å². The van der Waals surface area contributed by atoms with Crippen molar-refractivity contribution in [2.45, 2.75) is 19.4 Å². The number of aromatic amines is 1. The van der Waals surface area contributed by atoms with Crippen LogP contribution in [-0.2, 0) is 10.3 Å². The van der Waals surface area contributed by atoms with Gasteiger partial charge in [0.2, 0.25) is 0 Å². The predicted octanol–water partition coefficient (Wildman–Crippen LogP) is 4.40. The third-order valence-corrected chi connectivity index (χ3v) is 7.53. The van der Waals surface area contributed by atoms with E-state index in [4.69, 9.17) is 4.74 Å². The molecule has 8 nitrogen and oxygen atoms in total. The molecule has 0 saturated carbocycles. The number of nitrogens with zero attached hydrogens (tertiary/aromatic N) is 3. The Bertz CT molecular complexity index is 1370. The first kappa shape index (κ1) is 24.0. The zero-order valence-corrected chi connectivity index (χ0v) is 21.4. The molecule has 2 amide bonds. The van der Waals surface area contributed by atoms with Gasteiger partial charge in [0, 0.05) is 31.4 Å². The highest BCUT2D eigenvalue weighted by Crippen LogP contribution is 2.32. The molecule has 0 radical (unpaired) electrons. The first-order chi connectivity index (χ1) is 17.3. The van der Waals surface area contributed by atoms with Gasteiger partial charge in [-0.1, -0.05) is 30.3 Å². The van der Waals surface area contributed by atoms with Gasteiger partial charge in [-0.3, -0.25) is 19.6 Å². The SMILES string of the molecule is CN(C(=O)c1ccc(N2CCOCC2)cc1)c1[nH]nc2sc(C(=O)NC(C)(C)c3ccccc3)cc12. The number of carbonyl (C=O) groups excluding carboxylic acids is 2. The van der Waals surface area contributed by atoms with Gasteiger partial charge in [-0.05, 0) is 49.7 Å². The number of hydrogen-bond donors (Lipinski definition) is 2. The lowest BCUT2D eigenvalue weighted by molar-refractivity contribution is 0.0915. The molecule has 36 heavy (non-hydrogen) atoms. The lowest BCUT2D eigenvalue weighted by Gasteiger charge is -2.29. The molecule has 5 rings (SSSR count). The Kier molecular flexibility index (Phi) is 6.51. The summed E-state index contributed by atoms with van der Waals surface area (Å²) in [7, 11) is 1.71. The van der Waals surface area contributed by atoms with Gasteiger partial charge in [-0.2, -0.15) is 5.10 Å². The normalized spacial score (nSPS) is 14.1. The van der Waals surface area contributed by atoms with Gasteiger partial charge >= 0.3 is 0 Å². The maximum absolute atomic E-state index is 13.2. The van der Waals surface area contributed by atoms with Gasteiger partial charge in [-0.15, -0.1) is 11.3 Å². The average Bonchev–Trinajstić information content (AvgIpc) is 3.50. The Morgan fingerprint density at radius 1 is 1.08 bits per heavy atom. The second-order valence-corrected chi connectivity index (χ2v) is 10.4. The van der Waals surface area contributed by atoms with E-state index in [0.717, 1.165) is 29.7 Å². The molecule has 1 aliphatic heterocycles. The Morgan fingerprint density at radius 3 is 2.47 bits per heavy atom. The highest BCUT2D eigenvalue weighted by atomic mass is 32.1. The van der Waals surface area contributed by atoms with Crippen LogP contribution >= 0.6 is 11.3 Å². The smallest absolute Gasteiger partial charge is 0.262 e. The molecule has 0 unspecified atom stereocenters. The molecule has 0 atom stereocenters. The van der Waals surface area contributed by atoms with E-state index in [9.17, 15) is 9.59 Å². The van der Waals surface area contributed by atoms with E-state index in [1.165, 1.54) is 11.3 Å². The van der Waals surface area contributed by atoms with Crippen LogP contribution in [0.1, 0.15) is 39.4 Å². The minimum absolute atomic E-state index is 0.156. The van der Waals surface area contributed by atoms with Gasteiger partial charge in [0.1, 0.15) is 10.6 Å². The quantitative estimate of drug-likeness (QED) is 0.407. The van der Waals surface area contributed by atoms with E-state index in [2.05, 4.69) is 20.4 Å². The summed E-state index contributed by atoms with van der Waals surface area (Å²) < 4.78 is 5.42. The van der Waals surface area contributed by atoms with Crippen molar-refractivity contribution in [3.8, 4) is 0 Å². The Hall–Kier alpha value is -3.69. The van der Waals surface area contributed by atoms with E-state index in [-0.39, 0.29) is 11.8 Å². The number of amides is 2. The molecule has 3 heterocycles. The van der Waals surface area contributed by atoms with E-state index in [1.807, 2.05) is 68.4 Å². The monoisotopic (exact) mass is 503 g/mol. The van der Waals surface area contributed by atoms with Crippen LogP contribution < -0.4 is 15.1 Å². The molecule has 0 bridgehead atoms. The summed E-state index contributed by atoms with van der Waals surface area (Å²) in [4.78, 5) is 31.3. The maximum atomic E-state index is 13.2. The Labute approximate surface area is 213 Å². The van der Waals surface area contributed by atoms with Crippen LogP contribution in [0.4, 0.5) is 11.5 Å². The summed E-state index contributed by atoms with van der Waals surface area (Å²) in [5.74, 6) is 0.229. The first-order valence-electron chi connectivity index (χ1n) is 11.9. The summed E-state index contributed by atoms with van der Waals surface area (Å²) in [6.45, 7) is 7.06. The van der Waals surface area contributed by atoms with Gasteiger partial charge in [0.25, 0.3) is 11.8 Å². The Morgan fingerprint density at radius 2 is 1.78 bits per heavy atom. The van der Waals surface area contributed by atoms with Crippen molar-refractivity contribution in [3.05, 3.63) is 76.7 Å². The van der Waals surface area contributed by atoms with Crippen molar-refractivity contribution >= 4 is 44.9 Å². The molecule has 186 valence electrons. The minimum Gasteiger partial charge on any atom is -0.378 e. The van der Waals surface area contributed by atoms with Crippen LogP contribution in [0.25, 0.3) is 10.2 Å². The number of aromatic nitrogens is 2. The lowest BCUT2D eigenvalue weighted by Crippen LogP contribution is -2.40. The number of fused-ring (bicyclic) bond motifs is 1. The molecule has 1 aliphatic rings. The van der Waals surface area contributed by atoms with E-state index in [1.54, 1.807) is 18.0 Å². The van der Waals surface area contributed by atoms with Crippen LogP contribution in [0.3, 0.4) is 0 Å². The predicted molar refractivity (Wildman–Crippen MR) is 143 cm³/mol. The van der Waals surface area contributed by atoms with Crippen molar-refractivity contribution in [3.63, 3.8) is 0 Å². The van der Waals surface area contributed by atoms with Crippen LogP contribution in [0.5, 0.6) is 0 Å². The molecule has 2 aromatic heterocycles. The number of H-pyrrole nitrogens is 1. The van der Waals surface area contributed by atoms with E-state index < -0.39 is 5.54 Å². The van der Waals surface area contributed by atoms with Gasteiger partial charge in [-0.25, -0.2) is 0 Å². The number of carbonyl (C=O) groups is 2. The van der Waals surface area contributed by atoms with E-state index in [0.29, 0.717) is 34.3 Å². The second kappa shape index (κ2) is 9.75. The molecule has 4 aromatic rings. The Balaban J connectivity index is 1.32. The van der Waals surface area contributed by atoms with Crippen LogP contribution in [0.15, 0.2) is 60.7 Å². The molecular formula is C27H29N5O3S. The number of nitrogens with one attached hydrogen (secondary N) is 2. The number of hydrogen-bond acceptors (Lipinski definition) is 6. The fraction of sp³-hybridized carbons (Fsp3) is 0.296. The fourth-order valence-electron chi connectivity index (χ4n) is 4.37. The zero-order chi connectivity index (χ0) is 25.3. The molecule has 9 heteroatoms. The van der Waals surface area contributed by atoms with E-state index >= 15 is 0 Å².